The van der Waals surface area contributed by atoms with Crippen molar-refractivity contribution in [3.05, 3.63) is 29.3 Å². The SMILES string of the molecule is CC(NC(=O)COc1ccc(Cl)cc1)C(=O)N1CCCCC1. The Morgan fingerprint density at radius 2 is 1.86 bits per heavy atom. The van der Waals surface area contributed by atoms with E-state index >= 15 is 0 Å². The topological polar surface area (TPSA) is 58.6 Å². The molecule has 6 heteroatoms. The summed E-state index contributed by atoms with van der Waals surface area (Å²) < 4.78 is 5.35. The largest absolute Gasteiger partial charge is 0.484 e. The molecule has 1 unspecified atom stereocenters. The van der Waals surface area contributed by atoms with Gasteiger partial charge in [-0.2, -0.15) is 0 Å². The van der Waals surface area contributed by atoms with E-state index < -0.39 is 6.04 Å². The lowest BCUT2D eigenvalue weighted by molar-refractivity contribution is -0.137. The highest BCUT2D eigenvalue weighted by Crippen LogP contribution is 2.15. The molecule has 1 fully saturated rings. The molecule has 120 valence electrons. The highest BCUT2D eigenvalue weighted by molar-refractivity contribution is 6.30. The summed E-state index contributed by atoms with van der Waals surface area (Å²) in [4.78, 5) is 25.9. The lowest BCUT2D eigenvalue weighted by Gasteiger charge is -2.29. The predicted molar refractivity (Wildman–Crippen MR) is 85.0 cm³/mol. The zero-order valence-corrected chi connectivity index (χ0v) is 13.4. The summed E-state index contributed by atoms with van der Waals surface area (Å²) in [6, 6.07) is 6.24. The van der Waals surface area contributed by atoms with Crippen LogP contribution in [0.5, 0.6) is 5.75 Å². The smallest absolute Gasteiger partial charge is 0.258 e. The lowest BCUT2D eigenvalue weighted by atomic mass is 10.1. The van der Waals surface area contributed by atoms with Gasteiger partial charge in [0.15, 0.2) is 6.61 Å². The summed E-state index contributed by atoms with van der Waals surface area (Å²) in [6.07, 6.45) is 3.23. The van der Waals surface area contributed by atoms with Gasteiger partial charge in [0.2, 0.25) is 5.91 Å². The van der Waals surface area contributed by atoms with Crippen LogP contribution < -0.4 is 10.1 Å². The van der Waals surface area contributed by atoms with Gasteiger partial charge in [-0.05, 0) is 50.5 Å². The third kappa shape index (κ3) is 4.91. The molecule has 1 aromatic carbocycles. The lowest BCUT2D eigenvalue weighted by Crippen LogP contribution is -2.49. The van der Waals surface area contributed by atoms with E-state index in [1.807, 2.05) is 4.90 Å². The molecule has 2 amide bonds. The maximum absolute atomic E-state index is 12.2. The number of carbonyl (C=O) groups is 2. The number of halogens is 1. The first-order valence-electron chi connectivity index (χ1n) is 7.53. The van der Waals surface area contributed by atoms with Gasteiger partial charge in [-0.1, -0.05) is 11.6 Å². The first-order chi connectivity index (χ1) is 10.6. The van der Waals surface area contributed by atoms with Crippen molar-refractivity contribution in [1.82, 2.24) is 10.2 Å². The fourth-order valence-corrected chi connectivity index (χ4v) is 2.54. The molecule has 5 nitrogen and oxygen atoms in total. The van der Waals surface area contributed by atoms with Crippen molar-refractivity contribution in [2.75, 3.05) is 19.7 Å². The van der Waals surface area contributed by atoms with E-state index in [0.29, 0.717) is 10.8 Å². The molecule has 1 N–H and O–H groups in total. The number of hydrogen-bond acceptors (Lipinski definition) is 3. The van der Waals surface area contributed by atoms with Crippen molar-refractivity contribution in [2.24, 2.45) is 0 Å². The Morgan fingerprint density at radius 1 is 1.23 bits per heavy atom. The third-order valence-electron chi connectivity index (χ3n) is 3.60. The molecule has 1 heterocycles. The zero-order valence-electron chi connectivity index (χ0n) is 12.7. The molecule has 0 bridgehead atoms. The Bertz CT molecular complexity index is 513. The number of carbonyl (C=O) groups excluding carboxylic acids is 2. The molecule has 0 radical (unpaired) electrons. The normalized spacial score (nSPS) is 16.0. The standard InChI is InChI=1S/C16H21ClN2O3/c1-12(16(21)19-9-3-2-4-10-19)18-15(20)11-22-14-7-5-13(17)6-8-14/h5-8,12H,2-4,9-11H2,1H3,(H,18,20). The van der Waals surface area contributed by atoms with Crippen LogP contribution in [0.25, 0.3) is 0 Å². The van der Waals surface area contributed by atoms with E-state index in [9.17, 15) is 9.59 Å². The second-order valence-electron chi connectivity index (χ2n) is 5.42. The van der Waals surface area contributed by atoms with Crippen molar-refractivity contribution >= 4 is 23.4 Å². The van der Waals surface area contributed by atoms with E-state index in [1.54, 1.807) is 31.2 Å². The minimum Gasteiger partial charge on any atom is -0.484 e. The maximum atomic E-state index is 12.2. The van der Waals surface area contributed by atoms with E-state index in [0.717, 1.165) is 25.9 Å². The molecule has 0 spiro atoms. The molecule has 0 aliphatic carbocycles. The first-order valence-corrected chi connectivity index (χ1v) is 7.90. The van der Waals surface area contributed by atoms with Gasteiger partial charge >= 0.3 is 0 Å². The second-order valence-corrected chi connectivity index (χ2v) is 5.85. The van der Waals surface area contributed by atoms with Gasteiger partial charge in [-0.25, -0.2) is 0 Å². The van der Waals surface area contributed by atoms with Gasteiger partial charge in [-0.3, -0.25) is 9.59 Å². The fourth-order valence-electron chi connectivity index (χ4n) is 2.41. The van der Waals surface area contributed by atoms with Gasteiger partial charge in [-0.15, -0.1) is 0 Å². The monoisotopic (exact) mass is 324 g/mol. The van der Waals surface area contributed by atoms with Gasteiger partial charge < -0.3 is 15.0 Å². The molecule has 0 saturated carbocycles. The van der Waals surface area contributed by atoms with Crippen LogP contribution in [0.3, 0.4) is 0 Å². The molecule has 22 heavy (non-hydrogen) atoms. The summed E-state index contributed by atoms with van der Waals surface area (Å²) in [5.74, 6) is 0.224. The number of hydrogen-bond donors (Lipinski definition) is 1. The molecular weight excluding hydrogens is 304 g/mol. The number of amides is 2. The van der Waals surface area contributed by atoms with Gasteiger partial charge in [0, 0.05) is 18.1 Å². The van der Waals surface area contributed by atoms with E-state index in [2.05, 4.69) is 5.32 Å². The summed E-state index contributed by atoms with van der Waals surface area (Å²) in [5.41, 5.74) is 0. The maximum Gasteiger partial charge on any atom is 0.258 e. The average molecular weight is 325 g/mol. The highest BCUT2D eigenvalue weighted by atomic mass is 35.5. The van der Waals surface area contributed by atoms with Gasteiger partial charge in [0.05, 0.1) is 0 Å². The van der Waals surface area contributed by atoms with Crippen LogP contribution in [0.1, 0.15) is 26.2 Å². The van der Waals surface area contributed by atoms with Crippen LogP contribution in [0, 0.1) is 0 Å². The van der Waals surface area contributed by atoms with Crippen LogP contribution >= 0.6 is 11.6 Å². The molecule has 1 atom stereocenters. The molecule has 1 aliphatic heterocycles. The van der Waals surface area contributed by atoms with Crippen LogP contribution in [-0.4, -0.2) is 42.5 Å². The number of piperidine rings is 1. The molecular formula is C16H21ClN2O3. The summed E-state index contributed by atoms with van der Waals surface area (Å²) in [6.45, 7) is 3.14. The van der Waals surface area contributed by atoms with Crippen molar-refractivity contribution in [3.63, 3.8) is 0 Å². The van der Waals surface area contributed by atoms with Gasteiger partial charge in [0.25, 0.3) is 5.91 Å². The summed E-state index contributed by atoms with van der Waals surface area (Å²) in [7, 11) is 0. The van der Waals surface area contributed by atoms with E-state index in [4.69, 9.17) is 16.3 Å². The third-order valence-corrected chi connectivity index (χ3v) is 3.85. The molecule has 0 aromatic heterocycles. The van der Waals surface area contributed by atoms with Crippen molar-refractivity contribution < 1.29 is 14.3 Å². The molecule has 1 aromatic rings. The number of benzene rings is 1. The first kappa shape index (κ1) is 16.6. The number of nitrogens with zero attached hydrogens (tertiary/aromatic N) is 1. The summed E-state index contributed by atoms with van der Waals surface area (Å²) in [5, 5.41) is 3.29. The van der Waals surface area contributed by atoms with Crippen molar-refractivity contribution in [2.45, 2.75) is 32.2 Å². The van der Waals surface area contributed by atoms with Gasteiger partial charge in [0.1, 0.15) is 11.8 Å². The predicted octanol–water partition coefficient (Wildman–Crippen LogP) is 2.24. The number of ether oxygens (including phenoxy) is 1. The molecule has 1 saturated heterocycles. The minimum absolute atomic E-state index is 0.0282. The Hall–Kier alpha value is -1.75. The van der Waals surface area contributed by atoms with Crippen LogP contribution in [0.2, 0.25) is 5.02 Å². The Labute approximate surface area is 135 Å². The zero-order chi connectivity index (χ0) is 15.9. The van der Waals surface area contributed by atoms with Crippen LogP contribution in [0.4, 0.5) is 0 Å². The molecule has 2 rings (SSSR count). The highest BCUT2D eigenvalue weighted by Gasteiger charge is 2.23. The average Bonchev–Trinajstić information content (AvgIpc) is 2.54. The van der Waals surface area contributed by atoms with E-state index in [1.165, 1.54) is 6.42 Å². The molecule has 1 aliphatic rings. The van der Waals surface area contributed by atoms with E-state index in [-0.39, 0.29) is 18.4 Å². The Morgan fingerprint density at radius 3 is 2.50 bits per heavy atom. The fraction of sp³-hybridized carbons (Fsp3) is 0.500. The van der Waals surface area contributed by atoms with Crippen LogP contribution in [-0.2, 0) is 9.59 Å². The van der Waals surface area contributed by atoms with Crippen LogP contribution in [0.15, 0.2) is 24.3 Å². The Balaban J connectivity index is 1.75. The van der Waals surface area contributed by atoms with Crippen molar-refractivity contribution in [1.29, 1.82) is 0 Å². The number of nitrogens with one attached hydrogen (secondary N) is 1. The Kier molecular flexibility index (Phi) is 6.07. The number of rotatable bonds is 5. The van der Waals surface area contributed by atoms with Crippen molar-refractivity contribution in [3.8, 4) is 5.75 Å². The second kappa shape index (κ2) is 8.03. The minimum atomic E-state index is -0.528. The summed E-state index contributed by atoms with van der Waals surface area (Å²) >= 11 is 5.77. The quantitative estimate of drug-likeness (QED) is 0.903. The number of likely N-dealkylation sites (tertiary alicyclic amines) is 1.